The summed E-state index contributed by atoms with van der Waals surface area (Å²) < 4.78 is 0. The third-order valence-electron chi connectivity index (χ3n) is 4.17. The predicted octanol–water partition coefficient (Wildman–Crippen LogP) is 5.44. The minimum Gasteiger partial charge on any atom is -0.507 e. The van der Waals surface area contributed by atoms with E-state index in [1.54, 1.807) is 18.6 Å². The molecule has 3 nitrogen and oxygen atoms in total. The minimum atomic E-state index is -0.141. The van der Waals surface area contributed by atoms with Crippen LogP contribution < -0.4 is 0 Å². The van der Waals surface area contributed by atoms with Crippen molar-refractivity contribution in [3.05, 3.63) is 52.8 Å². The third kappa shape index (κ3) is 4.02. The quantitative estimate of drug-likeness (QED) is 0.747. The van der Waals surface area contributed by atoms with E-state index in [1.165, 1.54) is 5.56 Å². The molecule has 0 unspecified atom stereocenters. The van der Waals surface area contributed by atoms with Gasteiger partial charge in [-0.15, -0.1) is 0 Å². The van der Waals surface area contributed by atoms with Crippen molar-refractivity contribution in [3.8, 4) is 5.75 Å². The normalized spacial score (nSPS) is 12.8. The molecule has 2 aromatic rings. The minimum absolute atomic E-state index is 0.000505. The summed E-state index contributed by atoms with van der Waals surface area (Å²) in [6.45, 7) is 14.9. The highest BCUT2D eigenvalue weighted by atomic mass is 16.3. The van der Waals surface area contributed by atoms with Crippen LogP contribution in [0.2, 0.25) is 0 Å². The van der Waals surface area contributed by atoms with E-state index in [9.17, 15) is 5.11 Å². The van der Waals surface area contributed by atoms with Crippen molar-refractivity contribution in [3.63, 3.8) is 0 Å². The molecule has 0 bridgehead atoms. The number of nitrogens with zero attached hydrogens (tertiary/aromatic N) is 2. The molecule has 0 amide bonds. The van der Waals surface area contributed by atoms with Crippen LogP contribution in [-0.4, -0.2) is 16.3 Å². The lowest BCUT2D eigenvalue weighted by atomic mass is 9.79. The fraction of sp³-hybridized carbons (Fsp3) is 0.429. The number of aromatic nitrogens is 1. The van der Waals surface area contributed by atoms with E-state index in [-0.39, 0.29) is 10.8 Å². The lowest BCUT2D eigenvalue weighted by Crippen LogP contribution is -2.17. The number of rotatable bonds is 2. The molecule has 0 fully saturated rings. The number of aliphatic imine (C=N–C) groups is 1. The molecule has 24 heavy (non-hydrogen) atoms. The molecule has 3 heteroatoms. The van der Waals surface area contributed by atoms with E-state index in [0.29, 0.717) is 5.75 Å². The Balaban J connectivity index is 2.59. The van der Waals surface area contributed by atoms with E-state index in [4.69, 9.17) is 0 Å². The summed E-state index contributed by atoms with van der Waals surface area (Å²) in [6, 6.07) is 6.07. The van der Waals surface area contributed by atoms with Gasteiger partial charge >= 0.3 is 0 Å². The molecular weight excluding hydrogens is 296 g/mol. The Hall–Kier alpha value is -2.16. The zero-order valence-electron chi connectivity index (χ0n) is 15.8. The van der Waals surface area contributed by atoms with Crippen LogP contribution in [0.1, 0.15) is 63.8 Å². The number of benzene rings is 1. The van der Waals surface area contributed by atoms with Gasteiger partial charge in [-0.05, 0) is 41.0 Å². The van der Waals surface area contributed by atoms with Crippen LogP contribution in [0.15, 0.2) is 35.6 Å². The van der Waals surface area contributed by atoms with Crippen molar-refractivity contribution in [2.75, 3.05) is 0 Å². The summed E-state index contributed by atoms with van der Waals surface area (Å²) in [5.74, 6) is 0.306. The van der Waals surface area contributed by atoms with Crippen LogP contribution in [0.4, 0.5) is 5.69 Å². The van der Waals surface area contributed by atoms with Gasteiger partial charge in [0.25, 0.3) is 0 Å². The second kappa shape index (κ2) is 6.39. The maximum atomic E-state index is 10.8. The SMILES string of the molecule is Cc1ccncc1N=Cc1cc(C(C)(C)C)cc(C(C)(C)C)c1O. The smallest absolute Gasteiger partial charge is 0.128 e. The number of hydrogen-bond acceptors (Lipinski definition) is 3. The van der Waals surface area contributed by atoms with Crippen LogP contribution in [-0.2, 0) is 10.8 Å². The van der Waals surface area contributed by atoms with Crippen LogP contribution in [0.3, 0.4) is 0 Å². The summed E-state index contributed by atoms with van der Waals surface area (Å²) in [4.78, 5) is 8.65. The topological polar surface area (TPSA) is 45.5 Å². The fourth-order valence-corrected chi connectivity index (χ4v) is 2.49. The van der Waals surface area contributed by atoms with E-state index in [1.807, 2.05) is 19.1 Å². The van der Waals surface area contributed by atoms with Crippen LogP contribution in [0.25, 0.3) is 0 Å². The van der Waals surface area contributed by atoms with Gasteiger partial charge in [0.05, 0.1) is 11.9 Å². The number of hydrogen-bond donors (Lipinski definition) is 1. The molecule has 1 N–H and O–H groups in total. The summed E-state index contributed by atoms with van der Waals surface area (Å²) in [5.41, 5.74) is 4.61. The second-order valence-electron chi connectivity index (χ2n) is 8.38. The molecule has 0 aliphatic rings. The van der Waals surface area contributed by atoms with Gasteiger partial charge in [-0.2, -0.15) is 0 Å². The lowest BCUT2D eigenvalue weighted by molar-refractivity contribution is 0.444. The van der Waals surface area contributed by atoms with Crippen molar-refractivity contribution in [2.24, 2.45) is 4.99 Å². The number of pyridine rings is 1. The van der Waals surface area contributed by atoms with Gasteiger partial charge in [0.15, 0.2) is 0 Å². The molecule has 1 heterocycles. The van der Waals surface area contributed by atoms with Crippen molar-refractivity contribution in [1.29, 1.82) is 0 Å². The standard InChI is InChI=1S/C21H28N2O/c1-14-8-9-22-13-18(14)23-12-15-10-16(20(2,3)4)11-17(19(15)24)21(5,6)7/h8-13,24H,1-7H3. The first kappa shape index (κ1) is 18.2. The molecule has 1 aromatic heterocycles. The zero-order chi connectivity index (χ0) is 18.1. The molecule has 0 radical (unpaired) electrons. The first-order chi connectivity index (χ1) is 11.0. The first-order valence-electron chi connectivity index (χ1n) is 8.33. The molecule has 0 spiro atoms. The monoisotopic (exact) mass is 324 g/mol. The van der Waals surface area contributed by atoms with Gasteiger partial charge in [0.2, 0.25) is 0 Å². The molecule has 1 aromatic carbocycles. The second-order valence-corrected chi connectivity index (χ2v) is 8.38. The van der Waals surface area contributed by atoms with Crippen LogP contribution in [0.5, 0.6) is 5.75 Å². The molecule has 0 saturated heterocycles. The first-order valence-corrected chi connectivity index (χ1v) is 8.33. The number of phenols is 1. The van der Waals surface area contributed by atoms with Gasteiger partial charge in [-0.25, -0.2) is 0 Å². The van der Waals surface area contributed by atoms with Gasteiger partial charge < -0.3 is 5.11 Å². The van der Waals surface area contributed by atoms with Gasteiger partial charge in [0, 0.05) is 23.5 Å². The molecule has 0 atom stereocenters. The summed E-state index contributed by atoms with van der Waals surface area (Å²) in [5, 5.41) is 10.8. The lowest BCUT2D eigenvalue weighted by Gasteiger charge is -2.27. The zero-order valence-corrected chi connectivity index (χ0v) is 15.8. The van der Waals surface area contributed by atoms with E-state index in [0.717, 1.165) is 22.4 Å². The molecule has 2 rings (SSSR count). The molecule has 0 saturated carbocycles. The van der Waals surface area contributed by atoms with E-state index < -0.39 is 0 Å². The van der Waals surface area contributed by atoms with Crippen molar-refractivity contribution in [2.45, 2.75) is 59.3 Å². The Morgan fingerprint density at radius 2 is 1.71 bits per heavy atom. The Bertz CT molecular complexity index is 762. The van der Waals surface area contributed by atoms with Gasteiger partial charge in [-0.1, -0.05) is 47.6 Å². The Morgan fingerprint density at radius 3 is 2.25 bits per heavy atom. The van der Waals surface area contributed by atoms with Crippen molar-refractivity contribution in [1.82, 2.24) is 4.98 Å². The largest absolute Gasteiger partial charge is 0.507 e. The molecular formula is C21H28N2O. The number of aryl methyl sites for hydroxylation is 1. The average Bonchev–Trinajstić information content (AvgIpc) is 2.45. The average molecular weight is 324 g/mol. The summed E-state index contributed by atoms with van der Waals surface area (Å²) >= 11 is 0. The van der Waals surface area contributed by atoms with Crippen molar-refractivity contribution >= 4 is 11.9 Å². The maximum absolute atomic E-state index is 10.8. The molecule has 0 aliphatic carbocycles. The number of phenolic OH excluding ortho intramolecular Hbond substituents is 1. The molecule has 0 aliphatic heterocycles. The Kier molecular flexibility index (Phi) is 4.84. The van der Waals surface area contributed by atoms with Crippen LogP contribution >= 0.6 is 0 Å². The van der Waals surface area contributed by atoms with Crippen molar-refractivity contribution < 1.29 is 5.11 Å². The summed E-state index contributed by atoms with van der Waals surface area (Å²) in [7, 11) is 0. The third-order valence-corrected chi connectivity index (χ3v) is 4.17. The highest BCUT2D eigenvalue weighted by Crippen LogP contribution is 2.37. The van der Waals surface area contributed by atoms with E-state index >= 15 is 0 Å². The Labute approximate surface area is 145 Å². The highest BCUT2D eigenvalue weighted by molar-refractivity contribution is 5.87. The highest BCUT2D eigenvalue weighted by Gasteiger charge is 2.24. The van der Waals surface area contributed by atoms with E-state index in [2.05, 4.69) is 57.6 Å². The summed E-state index contributed by atoms with van der Waals surface area (Å²) in [6.07, 6.45) is 5.23. The molecule has 128 valence electrons. The van der Waals surface area contributed by atoms with Crippen LogP contribution in [0, 0.1) is 6.92 Å². The number of aromatic hydroxyl groups is 1. The van der Waals surface area contributed by atoms with Gasteiger partial charge in [-0.3, -0.25) is 9.98 Å². The maximum Gasteiger partial charge on any atom is 0.128 e. The fourth-order valence-electron chi connectivity index (χ4n) is 2.49. The van der Waals surface area contributed by atoms with Gasteiger partial charge in [0.1, 0.15) is 5.75 Å². The Morgan fingerprint density at radius 1 is 1.04 bits per heavy atom. The predicted molar refractivity (Wildman–Crippen MR) is 102 cm³/mol.